The molecule has 30 heavy (non-hydrogen) atoms. The van der Waals surface area contributed by atoms with Crippen molar-refractivity contribution in [2.24, 2.45) is 0 Å². The quantitative estimate of drug-likeness (QED) is 0.613. The van der Waals surface area contributed by atoms with Crippen molar-refractivity contribution < 1.29 is 14.6 Å². The van der Waals surface area contributed by atoms with Gasteiger partial charge in [-0.2, -0.15) is 0 Å². The molecule has 1 aromatic heterocycles. The Kier molecular flexibility index (Phi) is 6.26. The molecule has 2 aromatic carbocycles. The second-order valence-electron chi connectivity index (χ2n) is 7.26. The third kappa shape index (κ3) is 5.14. The summed E-state index contributed by atoms with van der Waals surface area (Å²) in [4.78, 5) is 22.3. The maximum atomic E-state index is 10.8. The number of benzene rings is 2. The number of hydrogen-bond donors (Lipinski definition) is 1. The third-order valence-electron chi connectivity index (χ3n) is 5.06. The molecule has 0 spiro atoms. The van der Waals surface area contributed by atoms with Crippen LogP contribution >= 0.6 is 11.6 Å². The first-order chi connectivity index (χ1) is 14.6. The molecule has 0 bridgehead atoms. The maximum Gasteiger partial charge on any atom is 0.304 e. The maximum absolute atomic E-state index is 10.8. The van der Waals surface area contributed by atoms with Crippen molar-refractivity contribution in [3.05, 3.63) is 76.7 Å². The van der Waals surface area contributed by atoms with Gasteiger partial charge in [-0.25, -0.2) is 4.98 Å². The Morgan fingerprint density at radius 3 is 2.77 bits per heavy atom. The van der Waals surface area contributed by atoms with Gasteiger partial charge in [-0.1, -0.05) is 23.7 Å². The fourth-order valence-corrected chi connectivity index (χ4v) is 3.65. The van der Waals surface area contributed by atoms with Gasteiger partial charge in [0.05, 0.1) is 29.7 Å². The van der Waals surface area contributed by atoms with E-state index in [-0.39, 0.29) is 6.42 Å². The van der Waals surface area contributed by atoms with Crippen LogP contribution < -0.4 is 4.74 Å². The van der Waals surface area contributed by atoms with Crippen LogP contribution in [0.2, 0.25) is 5.02 Å². The van der Waals surface area contributed by atoms with Crippen LogP contribution in [0, 0.1) is 0 Å². The summed E-state index contributed by atoms with van der Waals surface area (Å²) in [6.45, 7) is 2.42. The van der Waals surface area contributed by atoms with Gasteiger partial charge in [-0.05, 0) is 42.0 Å². The minimum Gasteiger partial charge on any atom is -0.489 e. The lowest BCUT2D eigenvalue weighted by Gasteiger charge is -2.27. The lowest BCUT2D eigenvalue weighted by atomic mass is 10.1. The van der Waals surface area contributed by atoms with Crippen molar-refractivity contribution in [2.75, 3.05) is 13.1 Å². The molecule has 0 atom stereocenters. The number of fused-ring (bicyclic) bond motifs is 1. The summed E-state index contributed by atoms with van der Waals surface area (Å²) in [6, 6.07) is 15.4. The molecule has 0 amide bonds. The first-order valence-corrected chi connectivity index (χ1v) is 10.2. The van der Waals surface area contributed by atoms with E-state index in [4.69, 9.17) is 26.4 Å². The van der Waals surface area contributed by atoms with E-state index in [1.165, 1.54) is 0 Å². The van der Waals surface area contributed by atoms with Crippen LogP contribution in [-0.2, 0) is 24.4 Å². The minimum atomic E-state index is -0.779. The van der Waals surface area contributed by atoms with Crippen LogP contribution in [0.15, 0.2) is 54.7 Å². The zero-order chi connectivity index (χ0) is 20.9. The molecular weight excluding hydrogens is 402 g/mol. The van der Waals surface area contributed by atoms with Crippen molar-refractivity contribution in [3.8, 4) is 17.0 Å². The molecule has 0 saturated heterocycles. The smallest absolute Gasteiger partial charge is 0.304 e. The van der Waals surface area contributed by atoms with Crippen molar-refractivity contribution in [3.63, 3.8) is 0 Å². The van der Waals surface area contributed by atoms with Gasteiger partial charge in [0, 0.05) is 36.6 Å². The molecular formula is C23H22ClN3O3. The Hall–Kier alpha value is -2.96. The molecule has 0 saturated carbocycles. The number of aliphatic carboxylic acids is 1. The number of carboxylic acid groups (broad SMARTS) is 1. The van der Waals surface area contributed by atoms with Gasteiger partial charge < -0.3 is 9.84 Å². The molecule has 154 valence electrons. The summed E-state index contributed by atoms with van der Waals surface area (Å²) >= 11 is 6.01. The van der Waals surface area contributed by atoms with Crippen molar-refractivity contribution in [1.29, 1.82) is 0 Å². The van der Waals surface area contributed by atoms with Crippen LogP contribution in [0.3, 0.4) is 0 Å². The summed E-state index contributed by atoms with van der Waals surface area (Å²) in [5, 5.41) is 9.59. The fourth-order valence-electron chi connectivity index (χ4n) is 3.44. The van der Waals surface area contributed by atoms with Gasteiger partial charge in [0.15, 0.2) is 0 Å². The van der Waals surface area contributed by atoms with Crippen molar-refractivity contribution in [2.45, 2.75) is 26.0 Å². The van der Waals surface area contributed by atoms with E-state index in [9.17, 15) is 4.79 Å². The lowest BCUT2D eigenvalue weighted by molar-refractivity contribution is -0.137. The van der Waals surface area contributed by atoms with Gasteiger partial charge in [0.2, 0.25) is 0 Å². The number of carbonyl (C=O) groups is 1. The average molecular weight is 424 g/mol. The molecule has 6 nitrogen and oxygen atoms in total. The molecule has 1 aliphatic heterocycles. The third-order valence-corrected chi connectivity index (χ3v) is 5.29. The second kappa shape index (κ2) is 9.24. The molecule has 0 unspecified atom stereocenters. The molecule has 0 aliphatic carbocycles. The molecule has 4 rings (SSSR count). The molecule has 1 N–H and O–H groups in total. The SMILES string of the molecule is O=C(O)CCN1CCc2ncc(-c3ccc(OCc4cccc(Cl)c4)cc3)nc2C1. The highest BCUT2D eigenvalue weighted by atomic mass is 35.5. The predicted octanol–water partition coefficient (Wildman–Crippen LogP) is 4.21. The number of halogens is 1. The van der Waals surface area contributed by atoms with E-state index in [0.717, 1.165) is 46.9 Å². The lowest BCUT2D eigenvalue weighted by Crippen LogP contribution is -2.33. The normalized spacial score (nSPS) is 13.6. The summed E-state index contributed by atoms with van der Waals surface area (Å²) in [7, 11) is 0. The molecule has 0 fully saturated rings. The largest absolute Gasteiger partial charge is 0.489 e. The standard InChI is InChI=1S/C23H22ClN3O3/c24-18-3-1-2-16(12-18)15-30-19-6-4-17(5-7-19)21-13-25-20-8-10-27(11-9-23(28)29)14-22(20)26-21/h1-7,12-13H,8-11,14-15H2,(H,28,29). The van der Waals surface area contributed by atoms with Gasteiger partial charge >= 0.3 is 5.97 Å². The number of rotatable bonds is 7. The number of hydrogen-bond acceptors (Lipinski definition) is 5. The Balaban J connectivity index is 1.42. The number of carboxylic acids is 1. The summed E-state index contributed by atoms with van der Waals surface area (Å²) in [5.41, 5.74) is 4.69. The zero-order valence-corrected chi connectivity index (χ0v) is 17.2. The first kappa shape index (κ1) is 20.3. The second-order valence-corrected chi connectivity index (χ2v) is 7.70. The van der Waals surface area contributed by atoms with E-state index in [2.05, 4.69) is 9.88 Å². The first-order valence-electron chi connectivity index (χ1n) is 9.83. The molecule has 1 aliphatic rings. The van der Waals surface area contributed by atoms with Gasteiger partial charge in [-0.15, -0.1) is 0 Å². The van der Waals surface area contributed by atoms with E-state index >= 15 is 0 Å². The summed E-state index contributed by atoms with van der Waals surface area (Å²) < 4.78 is 5.84. The highest BCUT2D eigenvalue weighted by Gasteiger charge is 2.19. The monoisotopic (exact) mass is 423 g/mol. The summed E-state index contributed by atoms with van der Waals surface area (Å²) in [5.74, 6) is -0.0113. The summed E-state index contributed by atoms with van der Waals surface area (Å²) in [6.07, 6.45) is 2.73. The molecule has 7 heteroatoms. The van der Waals surface area contributed by atoms with Gasteiger partial charge in [0.1, 0.15) is 12.4 Å². The van der Waals surface area contributed by atoms with E-state index < -0.39 is 5.97 Å². The predicted molar refractivity (Wildman–Crippen MR) is 114 cm³/mol. The minimum absolute atomic E-state index is 0.138. The van der Waals surface area contributed by atoms with Crippen LogP contribution in [-0.4, -0.2) is 39.0 Å². The van der Waals surface area contributed by atoms with Gasteiger partial charge in [-0.3, -0.25) is 14.7 Å². The van der Waals surface area contributed by atoms with Crippen LogP contribution in [0.1, 0.15) is 23.4 Å². The van der Waals surface area contributed by atoms with Crippen molar-refractivity contribution in [1.82, 2.24) is 14.9 Å². The molecule has 3 aromatic rings. The zero-order valence-electron chi connectivity index (χ0n) is 16.4. The topological polar surface area (TPSA) is 75.5 Å². The molecule has 2 heterocycles. The molecule has 0 radical (unpaired) electrons. The Morgan fingerprint density at radius 1 is 1.17 bits per heavy atom. The fraction of sp³-hybridized carbons (Fsp3) is 0.261. The van der Waals surface area contributed by atoms with E-state index in [1.807, 2.05) is 48.5 Å². The number of nitrogens with zero attached hydrogens (tertiary/aromatic N) is 3. The van der Waals surface area contributed by atoms with Crippen LogP contribution in [0.5, 0.6) is 5.75 Å². The Labute approximate surface area is 180 Å². The average Bonchev–Trinajstić information content (AvgIpc) is 2.76. The number of ether oxygens (including phenoxy) is 1. The van der Waals surface area contributed by atoms with Crippen molar-refractivity contribution >= 4 is 17.6 Å². The highest BCUT2D eigenvalue weighted by molar-refractivity contribution is 6.30. The van der Waals surface area contributed by atoms with E-state index in [1.54, 1.807) is 6.20 Å². The highest BCUT2D eigenvalue weighted by Crippen LogP contribution is 2.24. The Morgan fingerprint density at radius 2 is 2.00 bits per heavy atom. The van der Waals surface area contributed by atoms with Crippen LogP contribution in [0.4, 0.5) is 0 Å². The van der Waals surface area contributed by atoms with E-state index in [0.29, 0.717) is 24.7 Å². The van der Waals surface area contributed by atoms with Gasteiger partial charge in [0.25, 0.3) is 0 Å². The Bertz CT molecular complexity index is 1040. The van der Waals surface area contributed by atoms with Crippen LogP contribution in [0.25, 0.3) is 11.3 Å². The number of aromatic nitrogens is 2.